The van der Waals surface area contributed by atoms with E-state index in [1.165, 1.54) is 0 Å². The lowest BCUT2D eigenvalue weighted by molar-refractivity contribution is -0.126. The van der Waals surface area contributed by atoms with Gasteiger partial charge in [0.05, 0.1) is 19.1 Å². The van der Waals surface area contributed by atoms with Crippen molar-refractivity contribution in [3.05, 3.63) is 96.1 Å². The van der Waals surface area contributed by atoms with Gasteiger partial charge < -0.3 is 15.0 Å². The van der Waals surface area contributed by atoms with Crippen LogP contribution in [0.25, 0.3) is 0 Å². The van der Waals surface area contributed by atoms with Crippen molar-refractivity contribution in [3.63, 3.8) is 0 Å². The van der Waals surface area contributed by atoms with E-state index in [4.69, 9.17) is 4.74 Å². The summed E-state index contributed by atoms with van der Waals surface area (Å²) >= 11 is 0. The fourth-order valence-electron chi connectivity index (χ4n) is 3.82. The SMILES string of the molecule is COc1cccc(N2C[C@H](C(=O)NC(c3ccccc3)c3ccccc3)CC2=O)c1. The minimum Gasteiger partial charge on any atom is -0.497 e. The summed E-state index contributed by atoms with van der Waals surface area (Å²) in [6.07, 6.45) is 0.194. The van der Waals surface area contributed by atoms with E-state index in [0.717, 1.165) is 16.8 Å². The monoisotopic (exact) mass is 400 g/mol. The number of hydrogen-bond acceptors (Lipinski definition) is 3. The molecule has 0 aliphatic carbocycles. The molecule has 0 unspecified atom stereocenters. The molecule has 30 heavy (non-hydrogen) atoms. The summed E-state index contributed by atoms with van der Waals surface area (Å²) in [5.41, 5.74) is 2.76. The highest BCUT2D eigenvalue weighted by Gasteiger charge is 2.36. The maximum absolute atomic E-state index is 13.1. The van der Waals surface area contributed by atoms with Crippen LogP contribution in [0.5, 0.6) is 5.75 Å². The maximum atomic E-state index is 13.1. The number of nitrogens with zero attached hydrogens (tertiary/aromatic N) is 1. The Hall–Kier alpha value is -3.60. The first kappa shape index (κ1) is 19.7. The van der Waals surface area contributed by atoms with Gasteiger partial charge in [0.25, 0.3) is 0 Å². The Labute approximate surface area is 176 Å². The summed E-state index contributed by atoms with van der Waals surface area (Å²) in [7, 11) is 1.59. The van der Waals surface area contributed by atoms with Crippen LogP contribution in [-0.4, -0.2) is 25.5 Å². The van der Waals surface area contributed by atoms with Gasteiger partial charge >= 0.3 is 0 Å². The van der Waals surface area contributed by atoms with Gasteiger partial charge in [0.1, 0.15) is 5.75 Å². The Balaban J connectivity index is 1.53. The first-order valence-corrected chi connectivity index (χ1v) is 10.0. The summed E-state index contributed by atoms with van der Waals surface area (Å²) in [5.74, 6) is 0.103. The van der Waals surface area contributed by atoms with Gasteiger partial charge in [-0.1, -0.05) is 66.7 Å². The van der Waals surface area contributed by atoms with Gasteiger partial charge in [-0.3, -0.25) is 9.59 Å². The number of nitrogens with one attached hydrogen (secondary N) is 1. The third-order valence-corrected chi connectivity index (χ3v) is 5.41. The van der Waals surface area contributed by atoms with E-state index in [0.29, 0.717) is 12.3 Å². The molecule has 4 rings (SSSR count). The molecule has 0 spiro atoms. The Kier molecular flexibility index (Phi) is 5.80. The summed E-state index contributed by atoms with van der Waals surface area (Å²) in [4.78, 5) is 27.4. The van der Waals surface area contributed by atoms with Crippen molar-refractivity contribution in [2.24, 2.45) is 5.92 Å². The zero-order valence-corrected chi connectivity index (χ0v) is 16.8. The largest absolute Gasteiger partial charge is 0.497 e. The standard InChI is InChI=1S/C25H24N2O3/c1-30-22-14-8-13-21(16-22)27-17-20(15-23(27)28)25(29)26-24(18-9-4-2-5-10-18)19-11-6-3-7-12-19/h2-14,16,20,24H,15,17H2,1H3,(H,26,29)/t20-/m1/s1. The summed E-state index contributed by atoms with van der Waals surface area (Å²) < 4.78 is 5.26. The van der Waals surface area contributed by atoms with Crippen LogP contribution in [0.1, 0.15) is 23.6 Å². The molecule has 5 nitrogen and oxygen atoms in total. The minimum atomic E-state index is -0.404. The molecule has 3 aromatic rings. The molecular weight excluding hydrogens is 376 g/mol. The highest BCUT2D eigenvalue weighted by atomic mass is 16.5. The highest BCUT2D eigenvalue weighted by Crippen LogP contribution is 2.29. The lowest BCUT2D eigenvalue weighted by atomic mass is 9.97. The Morgan fingerprint density at radius 1 is 0.967 bits per heavy atom. The lowest BCUT2D eigenvalue weighted by Gasteiger charge is -2.22. The molecule has 152 valence electrons. The van der Waals surface area contributed by atoms with Gasteiger partial charge in [-0.25, -0.2) is 0 Å². The van der Waals surface area contributed by atoms with Crippen LogP contribution in [0.2, 0.25) is 0 Å². The van der Waals surface area contributed by atoms with Gasteiger partial charge in [0, 0.05) is 24.7 Å². The molecule has 2 amide bonds. The molecule has 1 aliphatic rings. The maximum Gasteiger partial charge on any atom is 0.227 e. The van der Waals surface area contributed by atoms with Crippen LogP contribution in [0.4, 0.5) is 5.69 Å². The van der Waals surface area contributed by atoms with Crippen LogP contribution in [0.15, 0.2) is 84.9 Å². The fraction of sp³-hybridized carbons (Fsp3) is 0.200. The minimum absolute atomic E-state index is 0.0561. The number of amides is 2. The number of rotatable bonds is 6. The van der Waals surface area contributed by atoms with E-state index in [9.17, 15) is 9.59 Å². The number of carbonyl (C=O) groups is 2. The zero-order chi connectivity index (χ0) is 20.9. The molecule has 1 N–H and O–H groups in total. The second kappa shape index (κ2) is 8.82. The first-order chi connectivity index (χ1) is 14.7. The Morgan fingerprint density at radius 2 is 1.60 bits per heavy atom. The molecular formula is C25H24N2O3. The van der Waals surface area contributed by atoms with Crippen LogP contribution in [0, 0.1) is 5.92 Å². The predicted octanol–water partition coefficient (Wildman–Crippen LogP) is 3.95. The van der Waals surface area contributed by atoms with Crippen LogP contribution in [-0.2, 0) is 9.59 Å². The molecule has 1 heterocycles. The van der Waals surface area contributed by atoms with Crippen molar-refractivity contribution in [3.8, 4) is 5.75 Å². The Bertz CT molecular complexity index is 981. The second-order valence-corrected chi connectivity index (χ2v) is 7.37. The number of carbonyl (C=O) groups excluding carboxylic acids is 2. The molecule has 1 saturated heterocycles. The summed E-state index contributed by atoms with van der Waals surface area (Å²) in [6.45, 7) is 0.355. The summed E-state index contributed by atoms with van der Waals surface area (Å²) in [5, 5.41) is 3.16. The first-order valence-electron chi connectivity index (χ1n) is 10.0. The molecule has 0 bridgehead atoms. The Morgan fingerprint density at radius 3 is 2.20 bits per heavy atom. The van der Waals surface area contributed by atoms with Gasteiger partial charge in [-0.2, -0.15) is 0 Å². The van der Waals surface area contributed by atoms with Crippen molar-refractivity contribution in [1.29, 1.82) is 0 Å². The van der Waals surface area contributed by atoms with Gasteiger partial charge in [0.15, 0.2) is 0 Å². The molecule has 1 aliphatic heterocycles. The molecule has 1 atom stereocenters. The van der Waals surface area contributed by atoms with E-state index in [2.05, 4.69) is 5.32 Å². The smallest absolute Gasteiger partial charge is 0.227 e. The van der Waals surface area contributed by atoms with Crippen molar-refractivity contribution >= 4 is 17.5 Å². The van der Waals surface area contributed by atoms with Gasteiger partial charge in [-0.05, 0) is 23.3 Å². The van der Waals surface area contributed by atoms with Crippen molar-refractivity contribution < 1.29 is 14.3 Å². The van der Waals surface area contributed by atoms with Crippen molar-refractivity contribution in [1.82, 2.24) is 5.32 Å². The third kappa shape index (κ3) is 4.20. The number of benzene rings is 3. The zero-order valence-electron chi connectivity index (χ0n) is 16.8. The molecule has 1 fully saturated rings. The predicted molar refractivity (Wildman–Crippen MR) is 116 cm³/mol. The average Bonchev–Trinajstić information content (AvgIpc) is 3.20. The third-order valence-electron chi connectivity index (χ3n) is 5.41. The van der Waals surface area contributed by atoms with Crippen molar-refractivity contribution in [2.75, 3.05) is 18.6 Å². The quantitative estimate of drug-likeness (QED) is 0.682. The second-order valence-electron chi connectivity index (χ2n) is 7.37. The van der Waals surface area contributed by atoms with E-state index < -0.39 is 5.92 Å². The molecule has 0 aromatic heterocycles. The molecule has 5 heteroatoms. The van der Waals surface area contributed by atoms with E-state index in [-0.39, 0.29) is 24.3 Å². The fourth-order valence-corrected chi connectivity index (χ4v) is 3.82. The number of methoxy groups -OCH3 is 1. The molecule has 0 radical (unpaired) electrons. The van der Waals surface area contributed by atoms with E-state index >= 15 is 0 Å². The molecule has 0 saturated carbocycles. The number of anilines is 1. The van der Waals surface area contributed by atoms with E-state index in [1.54, 1.807) is 12.0 Å². The average molecular weight is 400 g/mol. The highest BCUT2D eigenvalue weighted by molar-refractivity contribution is 6.00. The van der Waals surface area contributed by atoms with Crippen LogP contribution >= 0.6 is 0 Å². The van der Waals surface area contributed by atoms with E-state index in [1.807, 2.05) is 84.9 Å². The normalized spacial score (nSPS) is 16.0. The number of ether oxygens (including phenoxy) is 1. The van der Waals surface area contributed by atoms with Gasteiger partial charge in [-0.15, -0.1) is 0 Å². The number of hydrogen-bond donors (Lipinski definition) is 1. The van der Waals surface area contributed by atoms with Crippen molar-refractivity contribution in [2.45, 2.75) is 12.5 Å². The van der Waals surface area contributed by atoms with Crippen LogP contribution < -0.4 is 15.0 Å². The molecule has 3 aromatic carbocycles. The van der Waals surface area contributed by atoms with Crippen LogP contribution in [0.3, 0.4) is 0 Å². The lowest BCUT2D eigenvalue weighted by Crippen LogP contribution is -2.36. The summed E-state index contributed by atoms with van der Waals surface area (Å²) in [6, 6.07) is 26.8. The topological polar surface area (TPSA) is 58.6 Å². The van der Waals surface area contributed by atoms with Gasteiger partial charge in [0.2, 0.25) is 11.8 Å².